The van der Waals surface area contributed by atoms with Gasteiger partial charge in [0.1, 0.15) is 6.04 Å². The molecule has 5 heteroatoms. The van der Waals surface area contributed by atoms with Gasteiger partial charge in [0.15, 0.2) is 0 Å². The molecule has 1 unspecified atom stereocenters. The maximum absolute atomic E-state index is 11.7. The molecule has 0 aromatic heterocycles. The van der Waals surface area contributed by atoms with Crippen molar-refractivity contribution in [3.8, 4) is 0 Å². The highest BCUT2D eigenvalue weighted by Gasteiger charge is 2.21. The predicted octanol–water partition coefficient (Wildman–Crippen LogP) is 0.0968. The lowest BCUT2D eigenvalue weighted by molar-refractivity contribution is -0.135. The minimum absolute atomic E-state index is 0.0920. The molecule has 3 N–H and O–H groups in total. The molecule has 0 saturated heterocycles. The van der Waals surface area contributed by atoms with E-state index >= 15 is 0 Å². The minimum atomic E-state index is -0.552. The fraction of sp³-hybridized carbons (Fsp3) is 0.818. The summed E-state index contributed by atoms with van der Waals surface area (Å²) >= 11 is 0. The van der Waals surface area contributed by atoms with Crippen molar-refractivity contribution in [3.63, 3.8) is 0 Å². The standard InChI is InChI=1S/C11H23N3O2/c1-6-14(5)10(16)8(2)13-9(15)7-11(3,4)12/h8H,6-7,12H2,1-5H3,(H,13,15). The molecule has 0 aromatic carbocycles. The van der Waals surface area contributed by atoms with Crippen molar-refractivity contribution in [1.82, 2.24) is 10.2 Å². The first-order valence-electron chi connectivity index (χ1n) is 5.50. The van der Waals surface area contributed by atoms with Gasteiger partial charge in [-0.3, -0.25) is 9.59 Å². The van der Waals surface area contributed by atoms with Gasteiger partial charge in [-0.15, -0.1) is 0 Å². The van der Waals surface area contributed by atoms with Crippen LogP contribution in [0.15, 0.2) is 0 Å². The lowest BCUT2D eigenvalue weighted by atomic mass is 10.0. The zero-order valence-corrected chi connectivity index (χ0v) is 10.8. The van der Waals surface area contributed by atoms with Crippen LogP contribution in [-0.4, -0.2) is 41.9 Å². The van der Waals surface area contributed by atoms with Crippen LogP contribution in [0.1, 0.15) is 34.1 Å². The number of likely N-dealkylation sites (N-methyl/N-ethyl adjacent to an activating group) is 1. The fourth-order valence-electron chi connectivity index (χ4n) is 1.25. The summed E-state index contributed by atoms with van der Waals surface area (Å²) in [5, 5.41) is 2.64. The van der Waals surface area contributed by atoms with Gasteiger partial charge in [0.05, 0.1) is 0 Å². The first-order valence-corrected chi connectivity index (χ1v) is 5.50. The summed E-state index contributed by atoms with van der Waals surface area (Å²) in [4.78, 5) is 24.7. The van der Waals surface area contributed by atoms with Crippen LogP contribution < -0.4 is 11.1 Å². The van der Waals surface area contributed by atoms with Crippen LogP contribution >= 0.6 is 0 Å². The van der Waals surface area contributed by atoms with Crippen LogP contribution in [-0.2, 0) is 9.59 Å². The van der Waals surface area contributed by atoms with Gasteiger partial charge < -0.3 is 16.0 Å². The molecule has 2 amide bonds. The number of rotatable bonds is 5. The number of carbonyl (C=O) groups is 2. The van der Waals surface area contributed by atoms with E-state index in [9.17, 15) is 9.59 Å². The molecule has 0 rings (SSSR count). The third kappa shape index (κ3) is 5.70. The second kappa shape index (κ2) is 5.84. The van der Waals surface area contributed by atoms with Gasteiger partial charge in [0, 0.05) is 25.6 Å². The highest BCUT2D eigenvalue weighted by molar-refractivity contribution is 5.87. The number of carbonyl (C=O) groups excluding carboxylic acids is 2. The van der Waals surface area contributed by atoms with E-state index in [1.807, 2.05) is 6.92 Å². The van der Waals surface area contributed by atoms with Gasteiger partial charge in [0.2, 0.25) is 11.8 Å². The summed E-state index contributed by atoms with van der Waals surface area (Å²) in [5.41, 5.74) is 5.17. The molecule has 0 bridgehead atoms. The summed E-state index contributed by atoms with van der Waals surface area (Å²) in [7, 11) is 1.71. The molecule has 0 aliphatic heterocycles. The van der Waals surface area contributed by atoms with Gasteiger partial charge >= 0.3 is 0 Å². The average Bonchev–Trinajstić information content (AvgIpc) is 2.12. The second-order valence-corrected chi connectivity index (χ2v) is 4.81. The molecule has 0 heterocycles. The maximum Gasteiger partial charge on any atom is 0.244 e. The Kier molecular flexibility index (Phi) is 5.44. The number of nitrogens with two attached hydrogens (primary N) is 1. The smallest absolute Gasteiger partial charge is 0.244 e. The van der Waals surface area contributed by atoms with Crippen LogP contribution in [0, 0.1) is 0 Å². The summed E-state index contributed by atoms with van der Waals surface area (Å²) in [6, 6.07) is -0.500. The van der Waals surface area contributed by atoms with E-state index < -0.39 is 11.6 Å². The van der Waals surface area contributed by atoms with Gasteiger partial charge in [-0.05, 0) is 27.7 Å². The third-order valence-electron chi connectivity index (χ3n) is 2.21. The topological polar surface area (TPSA) is 75.4 Å². The monoisotopic (exact) mass is 229 g/mol. The highest BCUT2D eigenvalue weighted by atomic mass is 16.2. The maximum atomic E-state index is 11.7. The summed E-state index contributed by atoms with van der Waals surface area (Å²) in [5.74, 6) is -0.288. The van der Waals surface area contributed by atoms with Gasteiger partial charge in [-0.25, -0.2) is 0 Å². The van der Waals surface area contributed by atoms with Crippen molar-refractivity contribution in [2.45, 2.75) is 45.7 Å². The summed E-state index contributed by atoms with van der Waals surface area (Å²) in [6.07, 6.45) is 0.209. The molecule has 0 spiro atoms. The van der Waals surface area contributed by atoms with E-state index in [4.69, 9.17) is 5.73 Å². The number of hydrogen-bond acceptors (Lipinski definition) is 3. The predicted molar refractivity (Wildman–Crippen MR) is 63.8 cm³/mol. The van der Waals surface area contributed by atoms with Crippen LogP contribution in [0.4, 0.5) is 0 Å². The SMILES string of the molecule is CCN(C)C(=O)C(C)NC(=O)CC(C)(C)N. The highest BCUT2D eigenvalue weighted by Crippen LogP contribution is 2.03. The Morgan fingerprint density at radius 2 is 1.94 bits per heavy atom. The molecular weight excluding hydrogens is 206 g/mol. The first kappa shape index (κ1) is 14.9. The number of amides is 2. The van der Waals surface area contributed by atoms with Gasteiger partial charge in [-0.2, -0.15) is 0 Å². The van der Waals surface area contributed by atoms with E-state index in [0.29, 0.717) is 6.54 Å². The van der Waals surface area contributed by atoms with Crippen molar-refractivity contribution >= 4 is 11.8 Å². The lowest BCUT2D eigenvalue weighted by Gasteiger charge is -2.23. The summed E-state index contributed by atoms with van der Waals surface area (Å²) in [6.45, 7) is 7.74. The van der Waals surface area contributed by atoms with Crippen molar-refractivity contribution in [3.05, 3.63) is 0 Å². The normalized spacial score (nSPS) is 13.1. The molecule has 0 fully saturated rings. The van der Waals surface area contributed by atoms with Crippen molar-refractivity contribution in [2.24, 2.45) is 5.73 Å². The van der Waals surface area contributed by atoms with Crippen molar-refractivity contribution < 1.29 is 9.59 Å². The Labute approximate surface area is 97.4 Å². The van der Waals surface area contributed by atoms with Crippen molar-refractivity contribution in [2.75, 3.05) is 13.6 Å². The Morgan fingerprint density at radius 3 is 2.31 bits per heavy atom. The molecule has 0 radical (unpaired) electrons. The van der Waals surface area contributed by atoms with E-state index in [1.165, 1.54) is 0 Å². The van der Waals surface area contributed by atoms with E-state index in [-0.39, 0.29) is 18.2 Å². The Hall–Kier alpha value is -1.10. The van der Waals surface area contributed by atoms with Crippen molar-refractivity contribution in [1.29, 1.82) is 0 Å². The summed E-state index contributed by atoms with van der Waals surface area (Å²) < 4.78 is 0. The van der Waals surface area contributed by atoms with Crippen LogP contribution in [0.25, 0.3) is 0 Å². The largest absolute Gasteiger partial charge is 0.345 e. The fourth-order valence-corrected chi connectivity index (χ4v) is 1.25. The van der Waals surface area contributed by atoms with Gasteiger partial charge in [-0.1, -0.05) is 0 Å². The van der Waals surface area contributed by atoms with Crippen LogP contribution in [0.3, 0.4) is 0 Å². The Morgan fingerprint density at radius 1 is 1.44 bits per heavy atom. The van der Waals surface area contributed by atoms with Crippen LogP contribution in [0.5, 0.6) is 0 Å². The lowest BCUT2D eigenvalue weighted by Crippen LogP contribution is -2.48. The Balaban J connectivity index is 4.20. The van der Waals surface area contributed by atoms with E-state index in [0.717, 1.165) is 0 Å². The third-order valence-corrected chi connectivity index (χ3v) is 2.21. The molecule has 0 aliphatic carbocycles. The molecule has 5 nitrogen and oxygen atoms in total. The van der Waals surface area contributed by atoms with Crippen LogP contribution in [0.2, 0.25) is 0 Å². The second-order valence-electron chi connectivity index (χ2n) is 4.81. The van der Waals surface area contributed by atoms with E-state index in [1.54, 1.807) is 32.7 Å². The molecule has 0 saturated carbocycles. The van der Waals surface area contributed by atoms with E-state index in [2.05, 4.69) is 5.32 Å². The number of nitrogens with zero attached hydrogens (tertiary/aromatic N) is 1. The molecule has 1 atom stereocenters. The molecule has 94 valence electrons. The number of nitrogens with one attached hydrogen (secondary N) is 1. The molecular formula is C11H23N3O2. The first-order chi connectivity index (χ1) is 7.17. The Bertz CT molecular complexity index is 258. The zero-order valence-electron chi connectivity index (χ0n) is 10.8. The molecule has 16 heavy (non-hydrogen) atoms. The van der Waals surface area contributed by atoms with Gasteiger partial charge in [0.25, 0.3) is 0 Å². The average molecular weight is 229 g/mol. The minimum Gasteiger partial charge on any atom is -0.345 e. The zero-order chi connectivity index (χ0) is 12.9. The molecule has 0 aromatic rings. The molecule has 0 aliphatic rings. The number of hydrogen-bond donors (Lipinski definition) is 2. The quantitative estimate of drug-likeness (QED) is 0.702.